The Morgan fingerprint density at radius 2 is 0.468 bits per heavy atom. The van der Waals surface area contributed by atoms with Gasteiger partial charge in [-0.3, -0.25) is 0 Å². The third kappa shape index (κ3) is 5.66. The van der Waals surface area contributed by atoms with E-state index in [-0.39, 0.29) is 0 Å². The van der Waals surface area contributed by atoms with Gasteiger partial charge in [0.1, 0.15) is 0 Å². The van der Waals surface area contributed by atoms with Gasteiger partial charge in [0.25, 0.3) is 0 Å². The molecule has 0 amide bonds. The van der Waals surface area contributed by atoms with E-state index in [1.54, 1.807) is 0 Å². The summed E-state index contributed by atoms with van der Waals surface area (Å²) in [6.45, 7) is 0. The van der Waals surface area contributed by atoms with Crippen LogP contribution >= 0.6 is 8.03 Å². The van der Waals surface area contributed by atoms with E-state index < -0.39 is 91.4 Å². The minimum atomic E-state index is -9.34. The molecule has 0 N–H and O–H groups in total. The Labute approximate surface area is 233 Å². The van der Waals surface area contributed by atoms with Crippen LogP contribution in [0.2, 0.25) is 0 Å². The van der Waals surface area contributed by atoms with Crippen LogP contribution in [0.4, 0.5) is 132 Å². The van der Waals surface area contributed by atoms with Crippen molar-refractivity contribution < 1.29 is 141 Å². The molecule has 0 radical (unpaired) electrons. The average molecular weight is 801 g/mol. The fourth-order valence-corrected chi connectivity index (χ4v) is 3.05. The molecular weight excluding hydrogens is 801 g/mol. The van der Waals surface area contributed by atoms with Crippen LogP contribution < -0.4 is 0 Å². The van der Waals surface area contributed by atoms with Gasteiger partial charge in [-0.25, -0.2) is 0 Å². The fourth-order valence-electron chi connectivity index (χ4n) is 2.24. The van der Waals surface area contributed by atoms with Gasteiger partial charge in [0, 0.05) is 0 Å². The third-order valence-corrected chi connectivity index (χ3v) is 6.17. The molecule has 33 heteroatoms. The van der Waals surface area contributed by atoms with Crippen LogP contribution in [-0.4, -0.2) is 83.4 Å². The van der Waals surface area contributed by atoms with E-state index >= 15 is 0 Å². The highest BCUT2D eigenvalue weighted by molar-refractivity contribution is 7.40. The van der Waals surface area contributed by atoms with Crippen molar-refractivity contribution in [3.8, 4) is 0 Å². The maximum absolute atomic E-state index is 13.6. The van der Waals surface area contributed by atoms with Crippen molar-refractivity contribution in [3.05, 3.63) is 0 Å². The first-order valence-electron chi connectivity index (χ1n) is 9.46. The van der Waals surface area contributed by atoms with E-state index in [9.17, 15) is 136 Å². The van der Waals surface area contributed by atoms with Crippen LogP contribution in [-0.2, 0) is 9.09 Å². The Bertz CT molecular complexity index is 1170. The summed E-state index contributed by atoms with van der Waals surface area (Å²) in [6, 6.07) is 0. The predicted molar refractivity (Wildman–Crippen MR) is 80.2 cm³/mol. The fraction of sp³-hybridized carbons (Fsp3) is 1.00. The summed E-state index contributed by atoms with van der Waals surface area (Å²) in [4.78, 5) is 0. The molecule has 1 atom stereocenters. The molecule has 0 bridgehead atoms. The molecule has 0 heterocycles. The highest BCUT2D eigenvalue weighted by Crippen LogP contribution is 2.68. The maximum atomic E-state index is 13.6. The van der Waals surface area contributed by atoms with Crippen LogP contribution in [0.1, 0.15) is 0 Å². The largest absolute Gasteiger partial charge is 0.600 e. The highest BCUT2D eigenvalue weighted by atomic mass is 31.1. The van der Waals surface area contributed by atoms with Crippen molar-refractivity contribution in [1.29, 1.82) is 0 Å². The molecule has 282 valence electrons. The van der Waals surface area contributed by atoms with Gasteiger partial charge < -0.3 is 0 Å². The van der Waals surface area contributed by atoms with Crippen molar-refractivity contribution in [2.75, 3.05) is 0 Å². The number of halogens is 30. The van der Waals surface area contributed by atoms with Crippen molar-refractivity contribution in [2.24, 2.45) is 0 Å². The normalized spacial score (nSPS) is 17.3. The lowest BCUT2D eigenvalue weighted by Crippen LogP contribution is -2.73. The maximum Gasteiger partial charge on any atom is 0.600 e. The highest BCUT2D eigenvalue weighted by Gasteiger charge is 2.98. The number of rotatable bonds is 13. The van der Waals surface area contributed by atoms with Gasteiger partial charge >= 0.3 is 91.4 Å². The standard InChI is InChI=1S/C14F30O2P/c15-1(16,3(19,20)7(27,28)11(35,36)37)5(23,24)9(31,32)13(41,42)46-47(45)14(43,44)10(33,34)6(25,26)2(17,18)4(21,22)8(29,30)12(38,39)40/q+1. The molecule has 0 spiro atoms. The second-order valence-corrected chi connectivity index (χ2v) is 9.40. The lowest BCUT2D eigenvalue weighted by Gasteiger charge is -2.40. The SMILES string of the molecule is O=[P+](OC(F)(F)C(F)(F)C(F)(F)C(F)(F)C(F)(F)C(F)(F)C(F)(F)F)C(F)(F)C(F)(F)C(F)(F)C(F)(F)C(F)(F)C(F)(F)C(F)(F)F. The Hall–Kier alpha value is -2.04. The van der Waals surface area contributed by atoms with E-state index in [1.807, 2.05) is 0 Å². The molecule has 47 heavy (non-hydrogen) atoms. The molecule has 0 saturated carbocycles. The monoisotopic (exact) mass is 801 g/mol. The van der Waals surface area contributed by atoms with Gasteiger partial charge in [0.2, 0.25) is 0 Å². The molecule has 0 aromatic carbocycles. The number of alkyl halides is 30. The topological polar surface area (TPSA) is 26.3 Å². The Morgan fingerprint density at radius 1 is 0.277 bits per heavy atom. The summed E-state index contributed by atoms with van der Waals surface area (Å²) in [6.07, 6.45) is -25.1. The third-order valence-electron chi connectivity index (χ3n) is 5.04. The molecule has 0 aromatic rings. The summed E-state index contributed by atoms with van der Waals surface area (Å²) < 4.78 is 402. The first kappa shape index (κ1) is 45.0. The van der Waals surface area contributed by atoms with Crippen LogP contribution in [0, 0.1) is 0 Å². The van der Waals surface area contributed by atoms with Crippen LogP contribution in [0.25, 0.3) is 0 Å². The first-order valence-corrected chi connectivity index (χ1v) is 10.6. The van der Waals surface area contributed by atoms with E-state index in [0.717, 1.165) is 4.52 Å². The summed E-state index contributed by atoms with van der Waals surface area (Å²) in [5.74, 6) is -91.0. The van der Waals surface area contributed by atoms with Crippen molar-refractivity contribution in [2.45, 2.75) is 83.4 Å². The van der Waals surface area contributed by atoms with Crippen molar-refractivity contribution in [3.63, 3.8) is 0 Å². The molecular formula is C14F30O2P+. The summed E-state index contributed by atoms with van der Waals surface area (Å²) in [5.41, 5.74) is -8.69. The molecule has 0 aliphatic carbocycles. The first-order chi connectivity index (χ1) is 19.6. The Kier molecular flexibility index (Phi) is 10.5. The van der Waals surface area contributed by atoms with Gasteiger partial charge in [-0.1, -0.05) is 4.52 Å². The molecule has 0 aromatic heterocycles. The Morgan fingerprint density at radius 3 is 0.702 bits per heavy atom. The quantitative estimate of drug-likeness (QED) is 0.137. The smallest absolute Gasteiger partial charge is 0.192 e. The average Bonchev–Trinajstić information content (AvgIpc) is 2.80. The van der Waals surface area contributed by atoms with Crippen LogP contribution in [0.5, 0.6) is 0 Å². The predicted octanol–water partition coefficient (Wildman–Crippen LogP) is 10.4. The molecule has 0 fully saturated rings. The zero-order valence-corrected chi connectivity index (χ0v) is 20.5. The van der Waals surface area contributed by atoms with Gasteiger partial charge in [-0.2, -0.15) is 123 Å². The molecule has 1 unspecified atom stereocenters. The van der Waals surface area contributed by atoms with Crippen LogP contribution in [0.3, 0.4) is 0 Å². The van der Waals surface area contributed by atoms with E-state index in [1.165, 1.54) is 0 Å². The summed E-state index contributed by atoms with van der Waals surface area (Å²) >= 11 is 0. The lowest BCUT2D eigenvalue weighted by atomic mass is 9.93. The zero-order valence-electron chi connectivity index (χ0n) is 19.6. The molecule has 0 aliphatic rings. The van der Waals surface area contributed by atoms with Gasteiger partial charge in [-0.15, -0.1) is 8.78 Å². The minimum Gasteiger partial charge on any atom is -0.192 e. The van der Waals surface area contributed by atoms with Gasteiger partial charge in [-0.05, 0) is 4.57 Å². The lowest BCUT2D eigenvalue weighted by molar-refractivity contribution is -0.465. The van der Waals surface area contributed by atoms with Crippen LogP contribution in [0.15, 0.2) is 0 Å². The van der Waals surface area contributed by atoms with Gasteiger partial charge in [0.15, 0.2) is 0 Å². The van der Waals surface area contributed by atoms with E-state index in [0.29, 0.717) is 0 Å². The zero-order chi connectivity index (χ0) is 39.3. The molecule has 0 aliphatic heterocycles. The van der Waals surface area contributed by atoms with E-state index in [2.05, 4.69) is 0 Å². The van der Waals surface area contributed by atoms with Crippen molar-refractivity contribution in [1.82, 2.24) is 0 Å². The number of hydrogen-bond donors (Lipinski definition) is 0. The second-order valence-electron chi connectivity index (χ2n) is 8.15. The second kappa shape index (κ2) is 11.0. The number of hydrogen-bond acceptors (Lipinski definition) is 2. The minimum absolute atomic E-state index is 1.15. The van der Waals surface area contributed by atoms with E-state index in [4.69, 9.17) is 0 Å². The molecule has 0 saturated heterocycles. The molecule has 2 nitrogen and oxygen atoms in total. The van der Waals surface area contributed by atoms with Crippen molar-refractivity contribution >= 4 is 8.03 Å². The Balaban J connectivity index is 7.06. The van der Waals surface area contributed by atoms with Gasteiger partial charge in [0.05, 0.1) is 0 Å². The molecule has 0 rings (SSSR count). The summed E-state index contributed by atoms with van der Waals surface area (Å²) in [7, 11) is -7.94. The summed E-state index contributed by atoms with van der Waals surface area (Å²) in [5, 5.41) is 0.